The van der Waals surface area contributed by atoms with E-state index in [4.69, 9.17) is 0 Å². The molecule has 1 fully saturated rings. The van der Waals surface area contributed by atoms with Gasteiger partial charge in [0, 0.05) is 17.5 Å². The lowest BCUT2D eigenvalue weighted by Gasteiger charge is -2.25. The molecule has 1 aliphatic rings. The summed E-state index contributed by atoms with van der Waals surface area (Å²) in [6, 6.07) is 10.4. The van der Waals surface area contributed by atoms with E-state index in [0.717, 1.165) is 37.2 Å². The number of nitrogens with one attached hydrogen (secondary N) is 2. The number of thioether (sulfide) groups is 1. The Morgan fingerprint density at radius 3 is 2.80 bits per heavy atom. The SMILES string of the molecule is CCC(Sc1ccccc1)C(=O)N[C@H]1CCCNC1.Cl. The monoisotopic (exact) mass is 314 g/mol. The molecule has 0 aromatic heterocycles. The Labute approximate surface area is 131 Å². The van der Waals surface area contributed by atoms with Gasteiger partial charge in [-0.15, -0.1) is 24.2 Å². The van der Waals surface area contributed by atoms with Crippen LogP contribution in [0.4, 0.5) is 0 Å². The maximum absolute atomic E-state index is 12.3. The molecule has 0 radical (unpaired) electrons. The highest BCUT2D eigenvalue weighted by atomic mass is 35.5. The Hall–Kier alpha value is -0.710. The van der Waals surface area contributed by atoms with Gasteiger partial charge in [0.15, 0.2) is 0 Å². The summed E-state index contributed by atoms with van der Waals surface area (Å²) in [4.78, 5) is 13.4. The molecule has 2 rings (SSSR count). The third-order valence-electron chi connectivity index (χ3n) is 3.33. The Morgan fingerprint density at radius 2 is 2.20 bits per heavy atom. The van der Waals surface area contributed by atoms with Gasteiger partial charge in [-0.2, -0.15) is 0 Å². The topological polar surface area (TPSA) is 41.1 Å². The zero-order valence-electron chi connectivity index (χ0n) is 11.8. The van der Waals surface area contributed by atoms with Gasteiger partial charge in [-0.05, 0) is 37.9 Å². The molecule has 3 nitrogen and oxygen atoms in total. The number of carbonyl (C=O) groups is 1. The summed E-state index contributed by atoms with van der Waals surface area (Å²) < 4.78 is 0. The molecule has 5 heteroatoms. The minimum atomic E-state index is 0. The summed E-state index contributed by atoms with van der Waals surface area (Å²) in [5.74, 6) is 0.171. The van der Waals surface area contributed by atoms with E-state index in [9.17, 15) is 4.79 Å². The first-order valence-corrected chi connectivity index (χ1v) is 7.90. The lowest BCUT2D eigenvalue weighted by molar-refractivity contribution is -0.121. The first kappa shape index (κ1) is 17.3. The van der Waals surface area contributed by atoms with Crippen LogP contribution in [0.3, 0.4) is 0 Å². The van der Waals surface area contributed by atoms with Gasteiger partial charge < -0.3 is 10.6 Å². The predicted octanol–water partition coefficient (Wildman–Crippen LogP) is 2.85. The van der Waals surface area contributed by atoms with Gasteiger partial charge in [0.25, 0.3) is 0 Å². The van der Waals surface area contributed by atoms with Gasteiger partial charge in [-0.3, -0.25) is 4.79 Å². The fourth-order valence-electron chi connectivity index (χ4n) is 2.25. The smallest absolute Gasteiger partial charge is 0.233 e. The quantitative estimate of drug-likeness (QED) is 0.821. The molecule has 1 saturated heterocycles. The number of amides is 1. The Balaban J connectivity index is 0.00000200. The van der Waals surface area contributed by atoms with Crippen LogP contribution in [0.15, 0.2) is 35.2 Å². The summed E-state index contributed by atoms with van der Waals surface area (Å²) in [5, 5.41) is 6.50. The third kappa shape index (κ3) is 5.35. The van der Waals surface area contributed by atoms with Crippen molar-refractivity contribution in [3.63, 3.8) is 0 Å². The van der Waals surface area contributed by atoms with Crippen LogP contribution in [0.1, 0.15) is 26.2 Å². The maximum atomic E-state index is 12.3. The van der Waals surface area contributed by atoms with Crippen molar-refractivity contribution >= 4 is 30.1 Å². The standard InChI is InChI=1S/C15H22N2OS.ClH/c1-2-14(19-13-8-4-3-5-9-13)15(18)17-12-7-6-10-16-11-12;/h3-5,8-9,12,14,16H,2,6-7,10-11H2,1H3,(H,17,18);1H/t12-,14?;/m0./s1. The van der Waals surface area contributed by atoms with Gasteiger partial charge in [0.05, 0.1) is 5.25 Å². The number of piperidine rings is 1. The number of rotatable bonds is 5. The van der Waals surface area contributed by atoms with Gasteiger partial charge in [-0.1, -0.05) is 25.1 Å². The van der Waals surface area contributed by atoms with E-state index in [2.05, 4.69) is 29.7 Å². The molecule has 0 bridgehead atoms. The average Bonchev–Trinajstić information content (AvgIpc) is 2.47. The summed E-state index contributed by atoms with van der Waals surface area (Å²) in [5.41, 5.74) is 0. The second-order valence-electron chi connectivity index (χ2n) is 4.88. The molecule has 20 heavy (non-hydrogen) atoms. The highest BCUT2D eigenvalue weighted by Gasteiger charge is 2.22. The Morgan fingerprint density at radius 1 is 1.45 bits per heavy atom. The molecule has 2 N–H and O–H groups in total. The number of hydrogen-bond acceptors (Lipinski definition) is 3. The van der Waals surface area contributed by atoms with Crippen molar-refractivity contribution in [2.45, 2.75) is 42.4 Å². The molecule has 112 valence electrons. The van der Waals surface area contributed by atoms with Crippen molar-refractivity contribution in [2.24, 2.45) is 0 Å². The molecular formula is C15H23ClN2OS. The van der Waals surface area contributed by atoms with Gasteiger partial charge in [-0.25, -0.2) is 0 Å². The minimum Gasteiger partial charge on any atom is -0.351 e. The van der Waals surface area contributed by atoms with Crippen LogP contribution in [0.2, 0.25) is 0 Å². The van der Waals surface area contributed by atoms with E-state index in [1.807, 2.05) is 18.2 Å². The van der Waals surface area contributed by atoms with Crippen molar-refractivity contribution in [1.29, 1.82) is 0 Å². The van der Waals surface area contributed by atoms with Crippen LogP contribution in [0, 0.1) is 0 Å². The summed E-state index contributed by atoms with van der Waals surface area (Å²) in [6.45, 7) is 4.04. The highest BCUT2D eigenvalue weighted by Crippen LogP contribution is 2.25. The van der Waals surface area contributed by atoms with Crippen LogP contribution < -0.4 is 10.6 Å². The molecule has 1 unspecified atom stereocenters. The van der Waals surface area contributed by atoms with Crippen molar-refractivity contribution < 1.29 is 4.79 Å². The molecular weight excluding hydrogens is 292 g/mol. The molecule has 1 amide bonds. The summed E-state index contributed by atoms with van der Waals surface area (Å²) in [6.07, 6.45) is 3.09. The van der Waals surface area contributed by atoms with E-state index in [1.54, 1.807) is 11.8 Å². The third-order valence-corrected chi connectivity index (χ3v) is 4.70. The van der Waals surface area contributed by atoms with Crippen LogP contribution in [0.5, 0.6) is 0 Å². The van der Waals surface area contributed by atoms with Gasteiger partial charge in [0.2, 0.25) is 5.91 Å². The second-order valence-corrected chi connectivity index (χ2v) is 6.16. The molecule has 2 atom stereocenters. The van der Waals surface area contributed by atoms with Crippen molar-refractivity contribution in [2.75, 3.05) is 13.1 Å². The molecule has 1 aromatic rings. The van der Waals surface area contributed by atoms with Crippen molar-refractivity contribution in [1.82, 2.24) is 10.6 Å². The lowest BCUT2D eigenvalue weighted by atomic mass is 10.1. The minimum absolute atomic E-state index is 0. The van der Waals surface area contributed by atoms with E-state index >= 15 is 0 Å². The number of carbonyl (C=O) groups excluding carboxylic acids is 1. The van der Waals surface area contributed by atoms with Gasteiger partial charge >= 0.3 is 0 Å². The number of benzene rings is 1. The highest BCUT2D eigenvalue weighted by molar-refractivity contribution is 8.00. The molecule has 0 aliphatic carbocycles. The Kier molecular flexibility index (Phi) is 8.04. The number of hydrogen-bond donors (Lipinski definition) is 2. The maximum Gasteiger partial charge on any atom is 0.233 e. The summed E-state index contributed by atoms with van der Waals surface area (Å²) >= 11 is 1.65. The van der Waals surface area contributed by atoms with Crippen LogP contribution in [-0.2, 0) is 4.79 Å². The van der Waals surface area contributed by atoms with Crippen molar-refractivity contribution in [3.05, 3.63) is 30.3 Å². The first-order valence-electron chi connectivity index (χ1n) is 7.02. The largest absolute Gasteiger partial charge is 0.351 e. The van der Waals surface area contributed by atoms with E-state index in [1.165, 1.54) is 0 Å². The second kappa shape index (κ2) is 9.27. The van der Waals surface area contributed by atoms with Crippen LogP contribution in [-0.4, -0.2) is 30.3 Å². The lowest BCUT2D eigenvalue weighted by Crippen LogP contribution is -2.48. The summed E-state index contributed by atoms with van der Waals surface area (Å²) in [7, 11) is 0. The van der Waals surface area contributed by atoms with Crippen LogP contribution >= 0.6 is 24.2 Å². The number of halogens is 1. The molecule has 1 heterocycles. The van der Waals surface area contributed by atoms with Crippen molar-refractivity contribution in [3.8, 4) is 0 Å². The van der Waals surface area contributed by atoms with E-state index in [-0.39, 0.29) is 23.6 Å². The predicted molar refractivity (Wildman–Crippen MR) is 87.7 cm³/mol. The van der Waals surface area contributed by atoms with Crippen LogP contribution in [0.25, 0.3) is 0 Å². The molecule has 1 aliphatic heterocycles. The fraction of sp³-hybridized carbons (Fsp3) is 0.533. The normalized spacial score (nSPS) is 19.8. The average molecular weight is 315 g/mol. The van der Waals surface area contributed by atoms with E-state index in [0.29, 0.717) is 6.04 Å². The zero-order chi connectivity index (χ0) is 13.5. The first-order chi connectivity index (χ1) is 9.29. The molecule has 1 aromatic carbocycles. The van der Waals surface area contributed by atoms with Gasteiger partial charge in [0.1, 0.15) is 0 Å². The fourth-order valence-corrected chi connectivity index (χ4v) is 3.24. The molecule has 0 spiro atoms. The van der Waals surface area contributed by atoms with E-state index < -0.39 is 0 Å². The zero-order valence-corrected chi connectivity index (χ0v) is 13.4. The Bertz CT molecular complexity index is 396. The molecule has 0 saturated carbocycles.